The van der Waals surface area contributed by atoms with E-state index in [1.807, 2.05) is 0 Å². The number of primary amides is 1. The van der Waals surface area contributed by atoms with E-state index in [2.05, 4.69) is 4.18 Å². The van der Waals surface area contributed by atoms with Crippen molar-refractivity contribution in [2.24, 2.45) is 5.73 Å². The molecule has 1 atom stereocenters. The number of halogens is 1. The first kappa shape index (κ1) is 18.5. The summed E-state index contributed by atoms with van der Waals surface area (Å²) in [5.41, 5.74) is 5.65. The lowest BCUT2D eigenvalue weighted by molar-refractivity contribution is -0.117. The van der Waals surface area contributed by atoms with Crippen LogP contribution in [-0.4, -0.2) is 33.2 Å². The molecule has 0 spiro atoms. The summed E-state index contributed by atoms with van der Waals surface area (Å²) in [6.45, 7) is 0. The van der Waals surface area contributed by atoms with Gasteiger partial charge in [0.1, 0.15) is 10.8 Å². The quantitative estimate of drug-likeness (QED) is 0.464. The molecule has 1 aliphatic heterocycles. The summed E-state index contributed by atoms with van der Waals surface area (Å²) in [7, 11) is -2.97. The number of anilines is 1. The number of carbonyl (C=O) groups excluding carboxylic acids is 3. The van der Waals surface area contributed by atoms with E-state index in [0.29, 0.717) is 4.90 Å². The van der Waals surface area contributed by atoms with Crippen LogP contribution in [0.15, 0.2) is 34.5 Å². The summed E-state index contributed by atoms with van der Waals surface area (Å²) < 4.78 is 27.9. The number of nitrogens with two attached hydrogens (primary N) is 1. The van der Waals surface area contributed by atoms with Gasteiger partial charge in [-0.05, 0) is 29.8 Å². The number of ketones is 1. The molecular weight excluding hydrogens is 404 g/mol. The molecule has 0 aliphatic carbocycles. The van der Waals surface area contributed by atoms with Gasteiger partial charge in [-0.1, -0.05) is 11.6 Å². The van der Waals surface area contributed by atoms with Gasteiger partial charge in [0.15, 0.2) is 5.78 Å². The molecule has 8 nitrogen and oxygen atoms in total. The minimum atomic E-state index is -3.97. The highest BCUT2D eigenvalue weighted by atomic mass is 35.5. The maximum absolute atomic E-state index is 12.9. The van der Waals surface area contributed by atoms with Crippen molar-refractivity contribution in [3.8, 4) is 0 Å². The van der Waals surface area contributed by atoms with Crippen LogP contribution < -0.4 is 10.6 Å². The van der Waals surface area contributed by atoms with Crippen LogP contribution in [0, 0.1) is 0 Å². The monoisotopic (exact) mass is 414 g/mol. The number of hydrogen-bond donors (Lipinski definition) is 1. The van der Waals surface area contributed by atoms with E-state index in [9.17, 15) is 22.8 Å². The molecule has 2 N–H and O–H groups in total. The second kappa shape index (κ2) is 6.47. The van der Waals surface area contributed by atoms with Gasteiger partial charge >= 0.3 is 6.03 Å². The molecule has 0 saturated heterocycles. The van der Waals surface area contributed by atoms with Crippen molar-refractivity contribution in [1.82, 2.24) is 0 Å². The Morgan fingerprint density at radius 2 is 2.00 bits per heavy atom. The summed E-state index contributed by atoms with van der Waals surface area (Å²) in [5, 5.41) is 1.51. The van der Waals surface area contributed by atoms with Crippen LogP contribution in [0.5, 0.6) is 0 Å². The highest BCUT2D eigenvalue weighted by Gasteiger charge is 2.45. The van der Waals surface area contributed by atoms with Crippen molar-refractivity contribution in [3.63, 3.8) is 0 Å². The van der Waals surface area contributed by atoms with Gasteiger partial charge in [0.05, 0.1) is 17.7 Å². The Hall–Kier alpha value is -2.27. The Balaban J connectivity index is 2.07. The third-order valence-corrected chi connectivity index (χ3v) is 6.40. The molecule has 1 aliphatic rings. The number of benzene rings is 1. The second-order valence-electron chi connectivity index (χ2n) is 5.28. The molecule has 136 valence electrons. The Labute approximate surface area is 157 Å². The lowest BCUT2D eigenvalue weighted by Gasteiger charge is -2.12. The average molecular weight is 415 g/mol. The van der Waals surface area contributed by atoms with Gasteiger partial charge < -0.3 is 5.73 Å². The molecule has 0 saturated carbocycles. The number of fused-ring (bicyclic) bond motifs is 1. The molecule has 0 radical (unpaired) electrons. The largest absolute Gasteiger partial charge is 0.351 e. The SMILES string of the molecule is COS(=O)(=O)c1csc(C(=O)C2C(=O)N(C(N)=O)c3ccc(Cl)cc32)c1. The van der Waals surface area contributed by atoms with Gasteiger partial charge in [-0.2, -0.15) is 8.42 Å². The summed E-state index contributed by atoms with van der Waals surface area (Å²) in [6, 6.07) is 4.38. The predicted octanol–water partition coefficient (Wildman–Crippen LogP) is 2.13. The number of rotatable bonds is 4. The lowest BCUT2D eigenvalue weighted by atomic mass is 9.95. The van der Waals surface area contributed by atoms with Crippen molar-refractivity contribution < 1.29 is 27.0 Å². The molecule has 2 heterocycles. The Bertz CT molecular complexity index is 1050. The third kappa shape index (κ3) is 2.90. The topological polar surface area (TPSA) is 124 Å². The van der Waals surface area contributed by atoms with E-state index >= 15 is 0 Å². The van der Waals surface area contributed by atoms with E-state index in [0.717, 1.165) is 24.5 Å². The van der Waals surface area contributed by atoms with Crippen LogP contribution in [0.1, 0.15) is 21.2 Å². The number of carbonyl (C=O) groups is 3. The molecular formula is C15H11ClN2O6S2. The second-order valence-corrected chi connectivity index (χ2v) is 8.34. The standard InChI is InChI=1S/C15H11ClN2O6S2/c1-24-26(22,23)8-5-11(25-6-8)13(19)12-9-4-7(16)2-3-10(9)18(14(12)20)15(17)21/h2-6,12H,1H3,(H2,17,21). The Kier molecular flexibility index (Phi) is 4.61. The van der Waals surface area contributed by atoms with Crippen molar-refractivity contribution >= 4 is 56.5 Å². The number of hydrogen-bond acceptors (Lipinski definition) is 7. The van der Waals surface area contributed by atoms with Gasteiger partial charge in [0.2, 0.25) is 0 Å². The minimum Gasteiger partial charge on any atom is -0.351 e. The van der Waals surface area contributed by atoms with Crippen LogP contribution >= 0.6 is 22.9 Å². The molecule has 0 fully saturated rings. The number of amides is 3. The predicted molar refractivity (Wildman–Crippen MR) is 94.1 cm³/mol. The average Bonchev–Trinajstić information content (AvgIpc) is 3.17. The molecule has 1 unspecified atom stereocenters. The maximum Gasteiger partial charge on any atom is 0.326 e. The zero-order valence-corrected chi connectivity index (χ0v) is 15.5. The first-order valence-electron chi connectivity index (χ1n) is 7.03. The van der Waals surface area contributed by atoms with Gasteiger partial charge in [-0.15, -0.1) is 11.3 Å². The van der Waals surface area contributed by atoms with E-state index in [4.69, 9.17) is 17.3 Å². The zero-order valence-electron chi connectivity index (χ0n) is 13.1. The zero-order chi connectivity index (χ0) is 19.2. The van der Waals surface area contributed by atoms with Crippen molar-refractivity contribution in [2.75, 3.05) is 12.0 Å². The fourth-order valence-electron chi connectivity index (χ4n) is 2.64. The van der Waals surface area contributed by atoms with Crippen LogP contribution in [0.2, 0.25) is 5.02 Å². The van der Waals surface area contributed by atoms with Crippen molar-refractivity contribution in [3.05, 3.63) is 45.1 Å². The molecule has 0 bridgehead atoms. The molecule has 2 aromatic rings. The van der Waals surface area contributed by atoms with Gasteiger partial charge in [0.25, 0.3) is 16.0 Å². The number of thiophene rings is 1. The number of imide groups is 1. The molecule has 26 heavy (non-hydrogen) atoms. The van der Waals surface area contributed by atoms with E-state index in [1.165, 1.54) is 23.6 Å². The molecule has 1 aromatic heterocycles. The Morgan fingerprint density at radius 1 is 1.31 bits per heavy atom. The van der Waals surface area contributed by atoms with E-state index < -0.39 is 33.8 Å². The summed E-state index contributed by atoms with van der Waals surface area (Å²) in [6.07, 6.45) is 0. The third-order valence-electron chi connectivity index (χ3n) is 3.82. The number of urea groups is 1. The highest BCUT2D eigenvalue weighted by Crippen LogP contribution is 2.41. The smallest absolute Gasteiger partial charge is 0.326 e. The van der Waals surface area contributed by atoms with Gasteiger partial charge in [0, 0.05) is 10.4 Å². The fourth-order valence-corrected chi connectivity index (χ4v) is 4.71. The van der Waals surface area contributed by atoms with Crippen LogP contribution in [0.25, 0.3) is 0 Å². The summed E-state index contributed by atoms with van der Waals surface area (Å²) in [5.74, 6) is -2.82. The van der Waals surface area contributed by atoms with Crippen LogP contribution in [0.4, 0.5) is 10.5 Å². The van der Waals surface area contributed by atoms with Gasteiger partial charge in [-0.25, -0.2) is 9.69 Å². The first-order chi connectivity index (χ1) is 12.2. The fraction of sp³-hybridized carbons (Fsp3) is 0.133. The summed E-state index contributed by atoms with van der Waals surface area (Å²) in [4.78, 5) is 37.6. The highest BCUT2D eigenvalue weighted by molar-refractivity contribution is 7.86. The Morgan fingerprint density at radius 3 is 2.62 bits per heavy atom. The van der Waals surface area contributed by atoms with Crippen molar-refractivity contribution in [1.29, 1.82) is 0 Å². The minimum absolute atomic E-state index is 0.0243. The molecule has 11 heteroatoms. The molecule has 1 aromatic carbocycles. The van der Waals surface area contributed by atoms with Crippen molar-refractivity contribution in [2.45, 2.75) is 10.8 Å². The van der Waals surface area contributed by atoms with Gasteiger partial charge in [-0.3, -0.25) is 13.8 Å². The number of Topliss-reactive ketones (excluding diaryl/α,β-unsaturated/α-hetero) is 1. The van der Waals surface area contributed by atoms with E-state index in [-0.39, 0.29) is 26.0 Å². The normalized spacial score (nSPS) is 16.6. The van der Waals surface area contributed by atoms with Crippen LogP contribution in [-0.2, 0) is 19.1 Å². The summed E-state index contributed by atoms with van der Waals surface area (Å²) >= 11 is 6.80. The maximum atomic E-state index is 12.9. The number of nitrogens with zero attached hydrogens (tertiary/aromatic N) is 1. The molecule has 3 rings (SSSR count). The molecule has 3 amide bonds. The van der Waals surface area contributed by atoms with Crippen LogP contribution in [0.3, 0.4) is 0 Å². The first-order valence-corrected chi connectivity index (χ1v) is 9.70. The lowest BCUT2D eigenvalue weighted by Crippen LogP contribution is -2.40. The van der Waals surface area contributed by atoms with E-state index in [1.54, 1.807) is 0 Å².